The van der Waals surface area contributed by atoms with E-state index in [1.165, 1.54) is 36.3 Å². The van der Waals surface area contributed by atoms with Crippen molar-refractivity contribution in [2.24, 2.45) is 0 Å². The van der Waals surface area contributed by atoms with Crippen LogP contribution in [-0.4, -0.2) is 21.8 Å². The van der Waals surface area contributed by atoms with Gasteiger partial charge in [-0.15, -0.1) is 11.8 Å². The van der Waals surface area contributed by atoms with Crippen LogP contribution in [0.15, 0.2) is 35.4 Å². The highest BCUT2D eigenvalue weighted by molar-refractivity contribution is 7.98. The lowest BCUT2D eigenvalue weighted by atomic mass is 10.2. The Morgan fingerprint density at radius 1 is 1.20 bits per heavy atom. The van der Waals surface area contributed by atoms with Gasteiger partial charge in [-0.05, 0) is 50.3 Å². The average Bonchev–Trinajstić information content (AvgIpc) is 3.09. The first-order chi connectivity index (χ1) is 9.76. The molecule has 1 aromatic carbocycles. The van der Waals surface area contributed by atoms with Crippen molar-refractivity contribution in [3.8, 4) is 5.69 Å². The van der Waals surface area contributed by atoms with E-state index in [-0.39, 0.29) is 0 Å². The first-order valence-corrected chi connectivity index (χ1v) is 8.45. The van der Waals surface area contributed by atoms with Crippen LogP contribution in [0.2, 0.25) is 0 Å². The summed E-state index contributed by atoms with van der Waals surface area (Å²) in [5, 5.41) is 3.60. The molecule has 1 aromatic heterocycles. The van der Waals surface area contributed by atoms with Gasteiger partial charge in [0.25, 0.3) is 0 Å². The van der Waals surface area contributed by atoms with E-state index in [0.29, 0.717) is 6.04 Å². The fraction of sp³-hybridized carbons (Fsp3) is 0.438. The second kappa shape index (κ2) is 5.92. The fourth-order valence-corrected chi connectivity index (χ4v) is 3.20. The minimum atomic E-state index is 0.584. The first-order valence-electron chi connectivity index (χ1n) is 7.23. The van der Waals surface area contributed by atoms with Gasteiger partial charge in [0.1, 0.15) is 0 Å². The molecule has 0 radical (unpaired) electrons. The van der Waals surface area contributed by atoms with E-state index in [2.05, 4.69) is 51.6 Å². The van der Waals surface area contributed by atoms with Gasteiger partial charge < -0.3 is 5.32 Å². The van der Waals surface area contributed by atoms with Gasteiger partial charge >= 0.3 is 0 Å². The van der Waals surface area contributed by atoms with Crippen LogP contribution in [0.5, 0.6) is 0 Å². The second-order valence-electron chi connectivity index (χ2n) is 5.40. The summed E-state index contributed by atoms with van der Waals surface area (Å²) in [6.07, 6.45) is 9.39. The van der Waals surface area contributed by atoms with Gasteiger partial charge in [-0.2, -0.15) is 0 Å². The van der Waals surface area contributed by atoms with Crippen LogP contribution >= 0.6 is 11.8 Å². The third kappa shape index (κ3) is 2.85. The minimum absolute atomic E-state index is 0.584. The molecule has 1 N–H and O–H groups in total. The highest BCUT2D eigenvalue weighted by Crippen LogP contribution is 2.25. The molecule has 0 saturated heterocycles. The van der Waals surface area contributed by atoms with Gasteiger partial charge in [-0.3, -0.25) is 4.57 Å². The summed E-state index contributed by atoms with van der Waals surface area (Å²) >= 11 is 1.77. The van der Waals surface area contributed by atoms with Crippen LogP contribution in [-0.2, 0) is 0 Å². The number of anilines is 1. The number of benzene rings is 1. The highest BCUT2D eigenvalue weighted by atomic mass is 32.2. The molecule has 1 fully saturated rings. The largest absolute Gasteiger partial charge is 0.353 e. The summed E-state index contributed by atoms with van der Waals surface area (Å²) in [7, 11) is 0. The Labute approximate surface area is 124 Å². The predicted octanol–water partition coefficient (Wildman–Crippen LogP) is 4.26. The molecule has 106 valence electrons. The number of imidazole rings is 1. The van der Waals surface area contributed by atoms with Crippen LogP contribution in [0.4, 0.5) is 5.95 Å². The molecule has 3 rings (SSSR count). The Kier molecular flexibility index (Phi) is 4.01. The third-order valence-electron chi connectivity index (χ3n) is 3.87. The van der Waals surface area contributed by atoms with Crippen molar-refractivity contribution in [2.45, 2.75) is 43.5 Å². The lowest BCUT2D eigenvalue weighted by Crippen LogP contribution is -2.17. The molecule has 1 saturated carbocycles. The molecule has 1 aliphatic carbocycles. The standard InChI is InChI=1S/C16H21N3S/c1-12-11-19(14-7-9-15(20-2)10-8-14)16(17-12)18-13-5-3-4-6-13/h7-11,13H,3-6H2,1-2H3,(H,17,18). The lowest BCUT2D eigenvalue weighted by molar-refractivity contribution is 0.740. The van der Waals surface area contributed by atoms with Crippen molar-refractivity contribution in [1.29, 1.82) is 0 Å². The Bertz CT molecular complexity index is 568. The molecular formula is C16H21N3S. The van der Waals surface area contributed by atoms with E-state index in [1.54, 1.807) is 11.8 Å². The summed E-state index contributed by atoms with van der Waals surface area (Å²) in [4.78, 5) is 5.93. The lowest BCUT2D eigenvalue weighted by Gasteiger charge is -2.14. The van der Waals surface area contributed by atoms with Gasteiger partial charge in [-0.25, -0.2) is 4.98 Å². The molecule has 2 aromatic rings. The predicted molar refractivity (Wildman–Crippen MR) is 86.0 cm³/mol. The highest BCUT2D eigenvalue weighted by Gasteiger charge is 2.17. The van der Waals surface area contributed by atoms with Crippen LogP contribution < -0.4 is 5.32 Å². The summed E-state index contributed by atoms with van der Waals surface area (Å²) in [6.45, 7) is 2.05. The van der Waals surface area contributed by atoms with Crippen molar-refractivity contribution >= 4 is 17.7 Å². The summed E-state index contributed by atoms with van der Waals surface area (Å²) in [6, 6.07) is 9.23. The van der Waals surface area contributed by atoms with Crippen molar-refractivity contribution < 1.29 is 0 Å². The minimum Gasteiger partial charge on any atom is -0.353 e. The summed E-state index contributed by atoms with van der Waals surface area (Å²) in [5.74, 6) is 0.978. The van der Waals surface area contributed by atoms with Crippen LogP contribution in [0.25, 0.3) is 5.69 Å². The smallest absolute Gasteiger partial charge is 0.207 e. The van der Waals surface area contributed by atoms with E-state index in [0.717, 1.165) is 11.6 Å². The van der Waals surface area contributed by atoms with Gasteiger partial charge in [0.2, 0.25) is 5.95 Å². The van der Waals surface area contributed by atoms with E-state index >= 15 is 0 Å². The molecule has 3 nitrogen and oxygen atoms in total. The zero-order valence-electron chi connectivity index (χ0n) is 12.1. The molecule has 0 aliphatic heterocycles. The number of nitrogens with one attached hydrogen (secondary N) is 1. The van der Waals surface area contributed by atoms with Gasteiger partial charge in [-0.1, -0.05) is 12.8 Å². The van der Waals surface area contributed by atoms with Gasteiger partial charge in [0.05, 0.1) is 5.69 Å². The Hall–Kier alpha value is -1.42. The SMILES string of the molecule is CSc1ccc(-n2cc(C)nc2NC2CCCC2)cc1. The normalized spacial score (nSPS) is 15.7. The molecule has 1 heterocycles. The molecule has 0 spiro atoms. The number of thioether (sulfide) groups is 1. The number of nitrogens with zero attached hydrogens (tertiary/aromatic N) is 2. The number of hydrogen-bond acceptors (Lipinski definition) is 3. The van der Waals surface area contributed by atoms with E-state index in [4.69, 9.17) is 0 Å². The van der Waals surface area contributed by atoms with Crippen LogP contribution in [0, 0.1) is 6.92 Å². The van der Waals surface area contributed by atoms with Crippen LogP contribution in [0.3, 0.4) is 0 Å². The molecule has 1 aliphatic rings. The quantitative estimate of drug-likeness (QED) is 0.852. The molecule has 4 heteroatoms. The zero-order valence-corrected chi connectivity index (χ0v) is 12.9. The number of aromatic nitrogens is 2. The molecule has 0 atom stereocenters. The van der Waals surface area contributed by atoms with Gasteiger partial charge in [0, 0.05) is 22.8 Å². The Morgan fingerprint density at radius 3 is 2.55 bits per heavy atom. The second-order valence-corrected chi connectivity index (χ2v) is 6.28. The maximum atomic E-state index is 4.64. The molecule has 0 bridgehead atoms. The van der Waals surface area contributed by atoms with Crippen molar-refractivity contribution in [1.82, 2.24) is 9.55 Å². The monoisotopic (exact) mass is 287 g/mol. The van der Waals surface area contributed by atoms with Crippen molar-refractivity contribution in [3.63, 3.8) is 0 Å². The Balaban J connectivity index is 1.87. The maximum Gasteiger partial charge on any atom is 0.207 e. The van der Waals surface area contributed by atoms with Crippen molar-refractivity contribution in [3.05, 3.63) is 36.2 Å². The first kappa shape index (κ1) is 13.6. The number of rotatable bonds is 4. The topological polar surface area (TPSA) is 29.9 Å². The van der Waals surface area contributed by atoms with Crippen LogP contribution in [0.1, 0.15) is 31.4 Å². The molecule has 0 amide bonds. The van der Waals surface area contributed by atoms with E-state index in [9.17, 15) is 0 Å². The Morgan fingerprint density at radius 2 is 1.90 bits per heavy atom. The summed E-state index contributed by atoms with van der Waals surface area (Å²) in [5.41, 5.74) is 2.23. The molecule has 20 heavy (non-hydrogen) atoms. The van der Waals surface area contributed by atoms with E-state index < -0.39 is 0 Å². The van der Waals surface area contributed by atoms with Gasteiger partial charge in [0.15, 0.2) is 0 Å². The average molecular weight is 287 g/mol. The fourth-order valence-electron chi connectivity index (χ4n) is 2.79. The third-order valence-corrected chi connectivity index (χ3v) is 4.61. The number of hydrogen-bond donors (Lipinski definition) is 1. The molecular weight excluding hydrogens is 266 g/mol. The maximum absolute atomic E-state index is 4.64. The molecule has 0 unspecified atom stereocenters. The van der Waals surface area contributed by atoms with E-state index in [1.807, 2.05) is 6.92 Å². The number of aryl methyl sites for hydroxylation is 1. The summed E-state index contributed by atoms with van der Waals surface area (Å²) < 4.78 is 2.16. The zero-order chi connectivity index (χ0) is 13.9. The van der Waals surface area contributed by atoms with Crippen molar-refractivity contribution in [2.75, 3.05) is 11.6 Å².